The van der Waals surface area contributed by atoms with E-state index in [1.807, 2.05) is 24.3 Å². The van der Waals surface area contributed by atoms with Gasteiger partial charge in [0, 0.05) is 17.9 Å². The minimum absolute atomic E-state index is 0.0739. The molecule has 0 spiro atoms. The minimum Gasteiger partial charge on any atom is -0.385 e. The maximum Gasteiger partial charge on any atom is 0.389 e. The van der Waals surface area contributed by atoms with E-state index in [0.29, 0.717) is 5.69 Å². The van der Waals surface area contributed by atoms with E-state index in [9.17, 15) is 14.9 Å². The van der Waals surface area contributed by atoms with E-state index >= 15 is 0 Å². The second kappa shape index (κ2) is 7.78. The number of nitrogens with zero attached hydrogens (tertiary/aromatic N) is 3. The fourth-order valence-corrected chi connectivity index (χ4v) is 3.03. The van der Waals surface area contributed by atoms with Crippen LogP contribution in [0.5, 0.6) is 0 Å². The Balaban J connectivity index is 1.48. The standard InChI is InChI=1S/C17H21N5O3/c23-17(12-21-10-9-16(20-21)22(24)25)19-15-7-5-14(6-8-15)18-11-13-3-1-2-4-13/h5-10,13,18H,1-4,11-12H2,(H,19,23). The zero-order valence-electron chi connectivity index (χ0n) is 13.9. The lowest BCUT2D eigenvalue weighted by atomic mass is 10.1. The van der Waals surface area contributed by atoms with Gasteiger partial charge in [-0.15, -0.1) is 0 Å². The monoisotopic (exact) mass is 343 g/mol. The summed E-state index contributed by atoms with van der Waals surface area (Å²) < 4.78 is 1.24. The summed E-state index contributed by atoms with van der Waals surface area (Å²) in [7, 11) is 0. The molecule has 3 rings (SSSR count). The molecule has 1 saturated carbocycles. The molecule has 2 aromatic rings. The van der Waals surface area contributed by atoms with Gasteiger partial charge >= 0.3 is 5.82 Å². The molecule has 0 atom stereocenters. The summed E-state index contributed by atoms with van der Waals surface area (Å²) in [6.07, 6.45) is 6.67. The average molecular weight is 343 g/mol. The molecule has 0 bridgehead atoms. The number of benzene rings is 1. The van der Waals surface area contributed by atoms with Crippen molar-refractivity contribution in [3.8, 4) is 0 Å². The molecule has 2 N–H and O–H groups in total. The highest BCUT2D eigenvalue weighted by Gasteiger charge is 2.15. The normalized spacial score (nSPS) is 14.4. The zero-order chi connectivity index (χ0) is 17.6. The lowest BCUT2D eigenvalue weighted by Gasteiger charge is -2.12. The molecule has 1 aliphatic rings. The van der Waals surface area contributed by atoms with Crippen molar-refractivity contribution >= 4 is 23.1 Å². The van der Waals surface area contributed by atoms with Crippen molar-refractivity contribution in [1.29, 1.82) is 0 Å². The van der Waals surface area contributed by atoms with Gasteiger partial charge in [-0.1, -0.05) is 12.8 Å². The molecule has 1 aromatic heterocycles. The van der Waals surface area contributed by atoms with E-state index < -0.39 is 4.92 Å². The van der Waals surface area contributed by atoms with Crippen molar-refractivity contribution in [2.45, 2.75) is 32.2 Å². The van der Waals surface area contributed by atoms with Crippen molar-refractivity contribution in [3.63, 3.8) is 0 Å². The Labute approximate surface area is 145 Å². The van der Waals surface area contributed by atoms with Gasteiger partial charge in [0.05, 0.1) is 17.4 Å². The van der Waals surface area contributed by atoms with Gasteiger partial charge in [0.25, 0.3) is 0 Å². The smallest absolute Gasteiger partial charge is 0.385 e. The van der Waals surface area contributed by atoms with Gasteiger partial charge in [0.1, 0.15) is 6.54 Å². The van der Waals surface area contributed by atoms with E-state index in [1.54, 1.807) is 0 Å². The van der Waals surface area contributed by atoms with E-state index in [0.717, 1.165) is 18.2 Å². The number of amides is 1. The third kappa shape index (κ3) is 4.79. The number of nitro groups is 1. The molecule has 1 aromatic carbocycles. The Bertz CT molecular complexity index is 735. The molecular weight excluding hydrogens is 322 g/mol. The Morgan fingerprint density at radius 3 is 2.52 bits per heavy atom. The molecule has 0 unspecified atom stereocenters. The van der Waals surface area contributed by atoms with Crippen molar-refractivity contribution in [2.24, 2.45) is 5.92 Å². The van der Waals surface area contributed by atoms with Crippen LogP contribution in [-0.2, 0) is 11.3 Å². The maximum absolute atomic E-state index is 12.0. The second-order valence-electron chi connectivity index (χ2n) is 6.29. The first-order valence-corrected chi connectivity index (χ1v) is 8.42. The molecule has 25 heavy (non-hydrogen) atoms. The zero-order valence-corrected chi connectivity index (χ0v) is 13.9. The predicted molar refractivity (Wildman–Crippen MR) is 94.4 cm³/mol. The summed E-state index contributed by atoms with van der Waals surface area (Å²) in [5.74, 6) is 0.202. The Morgan fingerprint density at radius 1 is 1.20 bits per heavy atom. The van der Waals surface area contributed by atoms with Crippen molar-refractivity contribution in [2.75, 3.05) is 17.2 Å². The van der Waals surface area contributed by atoms with Crippen LogP contribution in [0.1, 0.15) is 25.7 Å². The number of aromatic nitrogens is 2. The Kier molecular flexibility index (Phi) is 5.27. The summed E-state index contributed by atoms with van der Waals surface area (Å²) in [5.41, 5.74) is 1.71. The molecule has 8 heteroatoms. The third-order valence-corrected chi connectivity index (χ3v) is 4.36. The number of hydrogen-bond acceptors (Lipinski definition) is 5. The fraction of sp³-hybridized carbons (Fsp3) is 0.412. The van der Waals surface area contributed by atoms with Gasteiger partial charge in [-0.3, -0.25) is 4.79 Å². The lowest BCUT2D eigenvalue weighted by Crippen LogP contribution is -2.19. The van der Waals surface area contributed by atoms with E-state index in [4.69, 9.17) is 0 Å². The number of rotatable bonds is 7. The van der Waals surface area contributed by atoms with Crippen LogP contribution < -0.4 is 10.6 Å². The van der Waals surface area contributed by atoms with E-state index in [-0.39, 0.29) is 18.3 Å². The molecule has 0 aliphatic heterocycles. The van der Waals surface area contributed by atoms with Gasteiger partial charge < -0.3 is 20.7 Å². The SMILES string of the molecule is O=C(Cn1ccc([N+](=O)[O-])n1)Nc1ccc(NCC2CCCC2)cc1. The lowest BCUT2D eigenvalue weighted by molar-refractivity contribution is -0.389. The van der Waals surface area contributed by atoms with Gasteiger partial charge in [-0.2, -0.15) is 4.68 Å². The first-order valence-electron chi connectivity index (χ1n) is 8.42. The fourth-order valence-electron chi connectivity index (χ4n) is 3.03. The molecule has 0 saturated heterocycles. The highest BCUT2D eigenvalue weighted by Crippen LogP contribution is 2.25. The maximum atomic E-state index is 12.0. The van der Waals surface area contributed by atoms with Crippen LogP contribution in [0.15, 0.2) is 36.5 Å². The summed E-state index contributed by atoms with van der Waals surface area (Å²) in [4.78, 5) is 22.0. The number of anilines is 2. The van der Waals surface area contributed by atoms with Crippen LogP contribution in [0, 0.1) is 16.0 Å². The Hall–Kier alpha value is -2.90. The highest BCUT2D eigenvalue weighted by atomic mass is 16.6. The first kappa shape index (κ1) is 16.9. The number of carbonyl (C=O) groups is 1. The van der Waals surface area contributed by atoms with Crippen molar-refractivity contribution < 1.29 is 9.72 Å². The molecule has 8 nitrogen and oxygen atoms in total. The van der Waals surface area contributed by atoms with Crippen LogP contribution in [-0.4, -0.2) is 27.2 Å². The summed E-state index contributed by atoms with van der Waals surface area (Å²) in [6.45, 7) is 0.916. The Morgan fingerprint density at radius 2 is 1.88 bits per heavy atom. The third-order valence-electron chi connectivity index (χ3n) is 4.36. The van der Waals surface area contributed by atoms with E-state index in [1.165, 1.54) is 42.6 Å². The quantitative estimate of drug-likeness (QED) is 0.594. The number of nitrogens with one attached hydrogen (secondary N) is 2. The van der Waals surface area contributed by atoms with Crippen LogP contribution >= 0.6 is 0 Å². The highest BCUT2D eigenvalue weighted by molar-refractivity contribution is 5.90. The molecular formula is C17H21N5O3. The topological polar surface area (TPSA) is 102 Å². The van der Waals surface area contributed by atoms with Gasteiger partial charge in [0.15, 0.2) is 0 Å². The van der Waals surface area contributed by atoms with Crippen molar-refractivity contribution in [3.05, 3.63) is 46.6 Å². The summed E-state index contributed by atoms with van der Waals surface area (Å²) in [5, 5.41) is 20.5. The molecule has 132 valence electrons. The van der Waals surface area contributed by atoms with Gasteiger partial charge in [0.2, 0.25) is 5.91 Å². The molecule has 1 aliphatic carbocycles. The van der Waals surface area contributed by atoms with Gasteiger partial charge in [-0.25, -0.2) is 0 Å². The molecule has 1 fully saturated rings. The predicted octanol–water partition coefficient (Wildman–Crippen LogP) is 3.03. The van der Waals surface area contributed by atoms with Crippen LogP contribution in [0.3, 0.4) is 0 Å². The summed E-state index contributed by atoms with van der Waals surface area (Å²) >= 11 is 0. The molecule has 1 amide bonds. The van der Waals surface area contributed by atoms with Crippen LogP contribution in [0.2, 0.25) is 0 Å². The largest absolute Gasteiger partial charge is 0.389 e. The number of hydrogen-bond donors (Lipinski definition) is 2. The minimum atomic E-state index is -0.592. The van der Waals surface area contributed by atoms with Crippen molar-refractivity contribution in [1.82, 2.24) is 9.78 Å². The van der Waals surface area contributed by atoms with Crippen LogP contribution in [0.4, 0.5) is 17.2 Å². The van der Waals surface area contributed by atoms with Crippen LogP contribution in [0.25, 0.3) is 0 Å². The van der Waals surface area contributed by atoms with E-state index in [2.05, 4.69) is 15.7 Å². The molecule has 1 heterocycles. The second-order valence-corrected chi connectivity index (χ2v) is 6.29. The number of carbonyl (C=O) groups excluding carboxylic acids is 1. The summed E-state index contributed by atoms with van der Waals surface area (Å²) in [6, 6.07) is 8.80. The first-order chi connectivity index (χ1) is 12.1. The van der Waals surface area contributed by atoms with Gasteiger partial charge in [-0.05, 0) is 47.9 Å². The average Bonchev–Trinajstić information content (AvgIpc) is 3.26. The molecule has 0 radical (unpaired) electrons.